The van der Waals surface area contributed by atoms with E-state index in [1.807, 2.05) is 23.9 Å². The molecule has 6 heteroatoms. The summed E-state index contributed by atoms with van der Waals surface area (Å²) in [6.07, 6.45) is 0.634. The van der Waals surface area contributed by atoms with Gasteiger partial charge in [0.05, 0.1) is 5.75 Å². The van der Waals surface area contributed by atoms with Crippen molar-refractivity contribution in [2.75, 3.05) is 19.3 Å². The van der Waals surface area contributed by atoms with Crippen LogP contribution in [0.1, 0.15) is 12.0 Å². The van der Waals surface area contributed by atoms with E-state index in [9.17, 15) is 8.42 Å². The summed E-state index contributed by atoms with van der Waals surface area (Å²) >= 11 is 1.57. The van der Waals surface area contributed by atoms with Gasteiger partial charge in [0, 0.05) is 6.54 Å². The highest BCUT2D eigenvalue weighted by molar-refractivity contribution is 7.89. The second kappa shape index (κ2) is 6.22. The van der Waals surface area contributed by atoms with Gasteiger partial charge in [-0.2, -0.15) is 11.3 Å². The molecule has 0 fully saturated rings. The molecule has 1 aromatic rings. The van der Waals surface area contributed by atoms with Crippen molar-refractivity contribution >= 4 is 21.4 Å². The van der Waals surface area contributed by atoms with Gasteiger partial charge in [0.1, 0.15) is 0 Å². The van der Waals surface area contributed by atoms with Crippen LogP contribution in [-0.4, -0.2) is 27.8 Å². The maximum atomic E-state index is 11.5. The Bertz CT molecular complexity index is 359. The van der Waals surface area contributed by atoms with Gasteiger partial charge in [-0.05, 0) is 42.4 Å². The minimum absolute atomic E-state index is 0.179. The monoisotopic (exact) mass is 248 g/mol. The number of thiophene rings is 1. The summed E-state index contributed by atoms with van der Waals surface area (Å²) < 4.78 is 25.5. The van der Waals surface area contributed by atoms with Crippen LogP contribution in [0, 0.1) is 0 Å². The van der Waals surface area contributed by atoms with Crippen molar-refractivity contribution in [2.24, 2.45) is 0 Å². The first-order chi connectivity index (χ1) is 7.14. The molecule has 0 unspecified atom stereocenters. The van der Waals surface area contributed by atoms with Crippen LogP contribution in [0.2, 0.25) is 0 Å². The topological polar surface area (TPSA) is 58.2 Å². The molecule has 0 saturated carbocycles. The van der Waals surface area contributed by atoms with Crippen LogP contribution in [0.25, 0.3) is 0 Å². The first kappa shape index (κ1) is 12.6. The van der Waals surface area contributed by atoms with E-state index in [-0.39, 0.29) is 5.75 Å². The number of hydrogen-bond acceptors (Lipinski definition) is 4. The highest BCUT2D eigenvalue weighted by Gasteiger charge is 2.08. The van der Waals surface area contributed by atoms with Crippen LogP contribution < -0.4 is 10.0 Å². The van der Waals surface area contributed by atoms with E-state index in [0.29, 0.717) is 13.0 Å². The lowest BCUT2D eigenvalue weighted by Crippen LogP contribution is -2.27. The molecule has 0 aliphatic heterocycles. The van der Waals surface area contributed by atoms with Crippen molar-refractivity contribution in [1.82, 2.24) is 10.0 Å². The summed E-state index contributed by atoms with van der Waals surface area (Å²) in [7, 11) is -1.30. The first-order valence-corrected chi connectivity index (χ1v) is 7.36. The standard InChI is InChI=1S/C9H16N2O2S2/c1-10-4-2-6-15(12,13)11-7-9-3-5-14-8-9/h3,5,8,10-11H,2,4,6-7H2,1H3. The Hall–Kier alpha value is -0.430. The lowest BCUT2D eigenvalue weighted by atomic mass is 10.4. The summed E-state index contributed by atoms with van der Waals surface area (Å²) in [5.41, 5.74) is 1.01. The number of rotatable bonds is 7. The summed E-state index contributed by atoms with van der Waals surface area (Å²) in [5.74, 6) is 0.179. The van der Waals surface area contributed by atoms with Crippen molar-refractivity contribution in [3.63, 3.8) is 0 Å². The zero-order valence-electron chi connectivity index (χ0n) is 8.69. The quantitative estimate of drug-likeness (QED) is 0.701. The zero-order valence-corrected chi connectivity index (χ0v) is 10.3. The van der Waals surface area contributed by atoms with Crippen LogP contribution in [-0.2, 0) is 16.6 Å². The smallest absolute Gasteiger partial charge is 0.211 e. The van der Waals surface area contributed by atoms with Crippen LogP contribution in [0.15, 0.2) is 16.8 Å². The van der Waals surface area contributed by atoms with Gasteiger partial charge in [-0.1, -0.05) is 0 Å². The molecule has 86 valence electrons. The number of sulfonamides is 1. The molecule has 1 rings (SSSR count). The minimum atomic E-state index is -3.12. The fraction of sp³-hybridized carbons (Fsp3) is 0.556. The number of nitrogens with one attached hydrogen (secondary N) is 2. The van der Waals surface area contributed by atoms with Crippen LogP contribution in [0.3, 0.4) is 0 Å². The normalized spacial score (nSPS) is 11.8. The summed E-state index contributed by atoms with van der Waals surface area (Å²) in [6, 6.07) is 1.92. The van der Waals surface area contributed by atoms with Gasteiger partial charge in [-0.25, -0.2) is 13.1 Å². The molecule has 0 amide bonds. The van der Waals surface area contributed by atoms with E-state index in [0.717, 1.165) is 12.1 Å². The van der Waals surface area contributed by atoms with Crippen molar-refractivity contribution in [2.45, 2.75) is 13.0 Å². The van der Waals surface area contributed by atoms with E-state index in [2.05, 4.69) is 10.0 Å². The van der Waals surface area contributed by atoms with Crippen molar-refractivity contribution in [3.8, 4) is 0 Å². The molecule has 0 aliphatic rings. The molecule has 15 heavy (non-hydrogen) atoms. The van der Waals surface area contributed by atoms with Gasteiger partial charge in [0.25, 0.3) is 0 Å². The Morgan fingerprint density at radius 3 is 2.87 bits per heavy atom. The highest BCUT2D eigenvalue weighted by Crippen LogP contribution is 2.05. The SMILES string of the molecule is CNCCCS(=O)(=O)NCc1ccsc1. The van der Waals surface area contributed by atoms with Gasteiger partial charge in [0.15, 0.2) is 0 Å². The Morgan fingerprint density at radius 1 is 1.47 bits per heavy atom. The summed E-state index contributed by atoms with van der Waals surface area (Å²) in [5, 5.41) is 6.80. The van der Waals surface area contributed by atoms with Crippen molar-refractivity contribution in [1.29, 1.82) is 0 Å². The third kappa shape index (κ3) is 5.27. The maximum absolute atomic E-state index is 11.5. The molecule has 0 aliphatic carbocycles. The van der Waals surface area contributed by atoms with Gasteiger partial charge in [-0.15, -0.1) is 0 Å². The molecule has 1 aromatic heterocycles. The Morgan fingerprint density at radius 2 is 2.27 bits per heavy atom. The predicted octanol–water partition coefficient (Wildman–Crippen LogP) is 0.777. The largest absolute Gasteiger partial charge is 0.320 e. The van der Waals surface area contributed by atoms with Gasteiger partial charge < -0.3 is 5.32 Å². The second-order valence-corrected chi connectivity index (χ2v) is 5.94. The van der Waals surface area contributed by atoms with Gasteiger partial charge in [0.2, 0.25) is 10.0 Å². The van der Waals surface area contributed by atoms with Gasteiger partial charge >= 0.3 is 0 Å². The van der Waals surface area contributed by atoms with Crippen LogP contribution >= 0.6 is 11.3 Å². The van der Waals surface area contributed by atoms with Crippen LogP contribution in [0.4, 0.5) is 0 Å². The molecule has 0 aromatic carbocycles. The lowest BCUT2D eigenvalue weighted by molar-refractivity contribution is 0.577. The van der Waals surface area contributed by atoms with E-state index < -0.39 is 10.0 Å². The lowest BCUT2D eigenvalue weighted by Gasteiger charge is -2.05. The van der Waals surface area contributed by atoms with Crippen molar-refractivity contribution in [3.05, 3.63) is 22.4 Å². The molecular weight excluding hydrogens is 232 g/mol. The minimum Gasteiger partial charge on any atom is -0.320 e. The fourth-order valence-corrected chi connectivity index (χ4v) is 2.82. The summed E-state index contributed by atoms with van der Waals surface area (Å²) in [4.78, 5) is 0. The predicted molar refractivity (Wildman–Crippen MR) is 63.5 cm³/mol. The molecule has 0 bridgehead atoms. The van der Waals surface area contributed by atoms with E-state index in [1.165, 1.54) is 0 Å². The number of hydrogen-bond donors (Lipinski definition) is 2. The second-order valence-electron chi connectivity index (χ2n) is 3.23. The highest BCUT2D eigenvalue weighted by atomic mass is 32.2. The molecule has 0 atom stereocenters. The maximum Gasteiger partial charge on any atom is 0.211 e. The Balaban J connectivity index is 2.30. The molecule has 0 radical (unpaired) electrons. The summed E-state index contributed by atoms with van der Waals surface area (Å²) in [6.45, 7) is 1.12. The van der Waals surface area contributed by atoms with E-state index in [4.69, 9.17) is 0 Å². The van der Waals surface area contributed by atoms with E-state index in [1.54, 1.807) is 11.3 Å². The Kier molecular flexibility index (Phi) is 5.24. The molecule has 0 saturated heterocycles. The molecular formula is C9H16N2O2S2. The molecule has 0 spiro atoms. The molecule has 2 N–H and O–H groups in total. The van der Waals surface area contributed by atoms with Gasteiger partial charge in [-0.3, -0.25) is 0 Å². The third-order valence-electron chi connectivity index (χ3n) is 1.92. The van der Waals surface area contributed by atoms with Crippen molar-refractivity contribution < 1.29 is 8.42 Å². The Labute approximate surface area is 94.8 Å². The van der Waals surface area contributed by atoms with Crippen LogP contribution in [0.5, 0.6) is 0 Å². The third-order valence-corrected chi connectivity index (χ3v) is 4.06. The first-order valence-electron chi connectivity index (χ1n) is 4.77. The molecule has 4 nitrogen and oxygen atoms in total. The average Bonchev–Trinajstić information content (AvgIpc) is 2.68. The zero-order chi connectivity index (χ0) is 11.1. The average molecular weight is 248 g/mol. The fourth-order valence-electron chi connectivity index (χ4n) is 1.10. The molecule has 1 heterocycles. The van der Waals surface area contributed by atoms with E-state index >= 15 is 0 Å².